The van der Waals surface area contributed by atoms with Gasteiger partial charge >= 0.3 is 5.91 Å². The molecule has 0 spiro atoms. The molecule has 1 N–H and O–H groups in total. The van der Waals surface area contributed by atoms with Crippen LogP contribution < -0.4 is 23.8 Å². The molecule has 1 atom stereocenters. The first kappa shape index (κ1) is 33.3. The third-order valence-corrected chi connectivity index (χ3v) is 9.81. The highest BCUT2D eigenvalue weighted by molar-refractivity contribution is 8.00. The van der Waals surface area contributed by atoms with Gasteiger partial charge in [0.15, 0.2) is 27.3 Å². The minimum absolute atomic E-state index is 0.136. The molecule has 3 aromatic carbocycles. The number of anilines is 1. The number of thioether (sulfide) groups is 1. The standard InChI is InChI=1S/C35H34FN3O7S2/c1-4-43-27-17-21(9-11-25(27)44-14-13-20(2)3)30-29(31(40)22-10-12-26-28(18-22)46-16-15-45-26)32(41)33(42)39(30)34-37-38-35(48-34)47-19-23-7-5-6-8-24(23)36/h5-12,17-18,20,30,40H,4,13-16,19H2,1-3H3/t30-/m1/s1. The second-order valence-corrected chi connectivity index (χ2v) is 13.6. The number of hydrogen-bond acceptors (Lipinski definition) is 11. The molecule has 1 amide bonds. The molecule has 6 rings (SSSR count). The molecule has 13 heteroatoms. The fourth-order valence-corrected chi connectivity index (χ4v) is 7.15. The molecule has 0 unspecified atom stereocenters. The van der Waals surface area contributed by atoms with Crippen LogP contribution in [0, 0.1) is 11.7 Å². The molecule has 10 nitrogen and oxygen atoms in total. The van der Waals surface area contributed by atoms with E-state index in [1.54, 1.807) is 54.6 Å². The van der Waals surface area contributed by atoms with Crippen molar-refractivity contribution in [3.8, 4) is 23.0 Å². The number of carbonyl (C=O) groups is 2. The van der Waals surface area contributed by atoms with Gasteiger partial charge in [-0.1, -0.05) is 61.2 Å². The predicted molar refractivity (Wildman–Crippen MR) is 181 cm³/mol. The lowest BCUT2D eigenvalue weighted by molar-refractivity contribution is -0.132. The van der Waals surface area contributed by atoms with Crippen molar-refractivity contribution in [3.05, 3.63) is 88.7 Å². The largest absolute Gasteiger partial charge is 0.507 e. The van der Waals surface area contributed by atoms with Gasteiger partial charge in [-0.15, -0.1) is 10.2 Å². The van der Waals surface area contributed by atoms with Crippen molar-refractivity contribution < 1.29 is 38.0 Å². The number of ether oxygens (including phenoxy) is 4. The van der Waals surface area contributed by atoms with Gasteiger partial charge in [-0.25, -0.2) is 4.39 Å². The number of nitrogens with zero attached hydrogens (tertiary/aromatic N) is 3. The highest BCUT2D eigenvalue weighted by Gasteiger charge is 2.48. The molecule has 0 bridgehead atoms. The number of aromatic nitrogens is 2. The fourth-order valence-electron chi connectivity index (χ4n) is 5.29. The average Bonchev–Trinajstić information content (AvgIpc) is 3.66. The van der Waals surface area contributed by atoms with E-state index < -0.39 is 17.7 Å². The molecule has 1 fully saturated rings. The van der Waals surface area contributed by atoms with Crippen LogP contribution in [0.15, 0.2) is 70.6 Å². The van der Waals surface area contributed by atoms with Crippen LogP contribution in [0.5, 0.6) is 23.0 Å². The fraction of sp³-hybridized carbons (Fsp3) is 0.314. The molecule has 1 aromatic heterocycles. The Labute approximate surface area is 285 Å². The van der Waals surface area contributed by atoms with Crippen LogP contribution in [0.25, 0.3) is 5.76 Å². The van der Waals surface area contributed by atoms with Crippen molar-refractivity contribution in [1.29, 1.82) is 0 Å². The van der Waals surface area contributed by atoms with Crippen LogP contribution in [0.4, 0.5) is 9.52 Å². The molecule has 48 heavy (non-hydrogen) atoms. The van der Waals surface area contributed by atoms with E-state index in [1.165, 1.54) is 22.7 Å². The Morgan fingerprint density at radius 1 is 1.04 bits per heavy atom. The topological polar surface area (TPSA) is 120 Å². The molecule has 3 heterocycles. The van der Waals surface area contributed by atoms with Gasteiger partial charge in [0, 0.05) is 11.3 Å². The summed E-state index contributed by atoms with van der Waals surface area (Å²) >= 11 is 2.36. The summed E-state index contributed by atoms with van der Waals surface area (Å²) in [4.78, 5) is 28.8. The normalized spacial score (nSPS) is 16.9. The Hall–Kier alpha value is -4.62. The quantitative estimate of drug-likeness (QED) is 0.0537. The third kappa shape index (κ3) is 6.97. The smallest absolute Gasteiger partial charge is 0.301 e. The van der Waals surface area contributed by atoms with Crippen molar-refractivity contribution in [2.75, 3.05) is 31.3 Å². The molecule has 1 saturated heterocycles. The number of halogens is 1. The number of benzene rings is 3. The first-order valence-corrected chi connectivity index (χ1v) is 17.4. The highest BCUT2D eigenvalue weighted by atomic mass is 32.2. The average molecular weight is 692 g/mol. The second-order valence-electron chi connectivity index (χ2n) is 11.4. The lowest BCUT2D eigenvalue weighted by Gasteiger charge is -2.24. The summed E-state index contributed by atoms with van der Waals surface area (Å²) in [6.07, 6.45) is 0.845. The molecule has 0 saturated carbocycles. The minimum atomic E-state index is -1.08. The number of carbonyl (C=O) groups excluding carboxylic acids is 2. The molecule has 0 aliphatic carbocycles. The van der Waals surface area contributed by atoms with Gasteiger partial charge in [0.25, 0.3) is 5.78 Å². The molecule has 2 aliphatic heterocycles. The number of hydrogen-bond donors (Lipinski definition) is 1. The summed E-state index contributed by atoms with van der Waals surface area (Å²) < 4.78 is 38.0. The number of Topliss-reactive ketones (excluding diaryl/α,β-unsaturated/α-hetero) is 1. The highest BCUT2D eigenvalue weighted by Crippen LogP contribution is 2.46. The van der Waals surface area contributed by atoms with Crippen LogP contribution in [0.3, 0.4) is 0 Å². The van der Waals surface area contributed by atoms with E-state index >= 15 is 0 Å². The van der Waals surface area contributed by atoms with Crippen LogP contribution in [-0.4, -0.2) is 53.4 Å². The molecule has 250 valence electrons. The Kier molecular flexibility index (Phi) is 10.2. The molecule has 0 radical (unpaired) electrons. The van der Waals surface area contributed by atoms with Crippen LogP contribution in [0.1, 0.15) is 49.9 Å². The Morgan fingerprint density at radius 2 is 1.83 bits per heavy atom. The second kappa shape index (κ2) is 14.7. The molecule has 2 aliphatic rings. The van der Waals surface area contributed by atoms with Gasteiger partial charge in [-0.05, 0) is 66.8 Å². The van der Waals surface area contributed by atoms with Gasteiger partial charge in [0.05, 0.1) is 24.8 Å². The molecule has 4 aromatic rings. The zero-order valence-corrected chi connectivity index (χ0v) is 28.2. The zero-order valence-electron chi connectivity index (χ0n) is 26.6. The zero-order chi connectivity index (χ0) is 33.8. The van der Waals surface area contributed by atoms with Gasteiger partial charge in [0.2, 0.25) is 5.13 Å². The monoisotopic (exact) mass is 691 g/mol. The Bertz CT molecular complexity index is 1860. The SMILES string of the molecule is CCOc1cc([C@@H]2C(=C(O)c3ccc4c(c3)OCCO4)C(=O)C(=O)N2c2nnc(SCc3ccccc3F)s2)ccc1OCCC(C)C. The van der Waals surface area contributed by atoms with Crippen molar-refractivity contribution in [2.24, 2.45) is 5.92 Å². The number of ketones is 1. The van der Waals surface area contributed by atoms with Crippen molar-refractivity contribution in [1.82, 2.24) is 10.2 Å². The van der Waals surface area contributed by atoms with Crippen molar-refractivity contribution >= 4 is 45.7 Å². The number of amides is 1. The van der Waals surface area contributed by atoms with Crippen molar-refractivity contribution in [2.45, 2.75) is 43.3 Å². The summed E-state index contributed by atoms with van der Waals surface area (Å²) in [6.45, 7) is 7.63. The van der Waals surface area contributed by atoms with Crippen LogP contribution in [-0.2, 0) is 15.3 Å². The minimum Gasteiger partial charge on any atom is -0.507 e. The molecular weight excluding hydrogens is 658 g/mol. The van der Waals surface area contributed by atoms with E-state index in [0.717, 1.165) is 17.8 Å². The summed E-state index contributed by atoms with van der Waals surface area (Å²) in [5, 5.41) is 20.3. The van der Waals surface area contributed by atoms with Gasteiger partial charge < -0.3 is 24.1 Å². The van der Waals surface area contributed by atoms with Crippen molar-refractivity contribution in [3.63, 3.8) is 0 Å². The van der Waals surface area contributed by atoms with E-state index in [2.05, 4.69) is 24.0 Å². The van der Waals surface area contributed by atoms with E-state index in [1.807, 2.05) is 6.92 Å². The maximum Gasteiger partial charge on any atom is 0.301 e. The van der Waals surface area contributed by atoms with E-state index in [0.29, 0.717) is 76.6 Å². The summed E-state index contributed by atoms with van der Waals surface area (Å²) in [6, 6.07) is 15.4. The predicted octanol–water partition coefficient (Wildman–Crippen LogP) is 7.19. The van der Waals surface area contributed by atoms with Gasteiger partial charge in [-0.2, -0.15) is 0 Å². The Balaban J connectivity index is 1.41. The van der Waals surface area contributed by atoms with E-state index in [-0.39, 0.29) is 27.8 Å². The summed E-state index contributed by atoms with van der Waals surface area (Å²) in [5.41, 5.74) is 1.13. The number of aliphatic hydroxyl groups is 1. The number of fused-ring (bicyclic) bond motifs is 1. The number of aliphatic hydroxyl groups excluding tert-OH is 1. The first-order chi connectivity index (χ1) is 23.2. The lowest BCUT2D eigenvalue weighted by Crippen LogP contribution is -2.29. The summed E-state index contributed by atoms with van der Waals surface area (Å²) in [5.74, 6) is 0.139. The third-order valence-electron chi connectivity index (χ3n) is 7.71. The Morgan fingerprint density at radius 3 is 2.60 bits per heavy atom. The number of rotatable bonds is 12. The summed E-state index contributed by atoms with van der Waals surface area (Å²) in [7, 11) is 0. The maximum atomic E-state index is 14.2. The van der Waals surface area contributed by atoms with Crippen LogP contribution in [0.2, 0.25) is 0 Å². The van der Waals surface area contributed by atoms with E-state index in [9.17, 15) is 19.1 Å². The van der Waals surface area contributed by atoms with Gasteiger partial charge in [-0.3, -0.25) is 14.5 Å². The van der Waals surface area contributed by atoms with Crippen LogP contribution >= 0.6 is 23.1 Å². The van der Waals surface area contributed by atoms with E-state index in [4.69, 9.17) is 18.9 Å². The maximum absolute atomic E-state index is 14.2. The van der Waals surface area contributed by atoms with Gasteiger partial charge in [0.1, 0.15) is 24.8 Å². The molecular formula is C35H34FN3O7S2. The lowest BCUT2D eigenvalue weighted by atomic mass is 9.95. The first-order valence-electron chi connectivity index (χ1n) is 15.6.